The zero-order valence-corrected chi connectivity index (χ0v) is 16.9. The second-order valence-electron chi connectivity index (χ2n) is 6.87. The lowest BCUT2D eigenvalue weighted by Gasteiger charge is -2.10. The average molecular weight is 407 g/mol. The molecule has 2 aromatic carbocycles. The third-order valence-electron chi connectivity index (χ3n) is 5.00. The van der Waals surface area contributed by atoms with Crippen molar-refractivity contribution in [2.24, 2.45) is 0 Å². The van der Waals surface area contributed by atoms with E-state index in [1.165, 1.54) is 7.11 Å². The van der Waals surface area contributed by atoms with E-state index in [0.717, 1.165) is 11.3 Å². The number of carbonyl (C=O) groups excluding carboxylic acids is 2. The summed E-state index contributed by atoms with van der Waals surface area (Å²) >= 11 is 0. The van der Waals surface area contributed by atoms with Gasteiger partial charge in [-0.1, -0.05) is 18.2 Å². The van der Waals surface area contributed by atoms with Crippen molar-refractivity contribution in [1.82, 2.24) is 9.78 Å². The van der Waals surface area contributed by atoms with Crippen LogP contribution in [-0.4, -0.2) is 35.6 Å². The van der Waals surface area contributed by atoms with Gasteiger partial charge in [0, 0.05) is 5.56 Å². The Bertz CT molecular complexity index is 1140. The van der Waals surface area contributed by atoms with E-state index in [9.17, 15) is 9.59 Å². The monoisotopic (exact) mass is 407 g/mol. The number of esters is 1. The van der Waals surface area contributed by atoms with Gasteiger partial charge in [-0.05, 0) is 43.7 Å². The Morgan fingerprint density at radius 1 is 1.13 bits per heavy atom. The van der Waals surface area contributed by atoms with Gasteiger partial charge in [0.15, 0.2) is 11.5 Å². The Kier molecular flexibility index (Phi) is 5.14. The minimum Gasteiger partial charge on any atom is -0.465 e. The number of methoxy groups -OCH3 is 1. The van der Waals surface area contributed by atoms with Crippen LogP contribution in [0.15, 0.2) is 42.5 Å². The molecular formula is C22H21N3O5. The molecule has 4 rings (SSSR count). The Balaban J connectivity index is 1.57. The van der Waals surface area contributed by atoms with Crippen LogP contribution in [0.4, 0.5) is 5.69 Å². The number of nitrogens with one attached hydrogen (secondary N) is 1. The molecule has 0 atom stereocenters. The molecule has 30 heavy (non-hydrogen) atoms. The highest BCUT2D eigenvalue weighted by molar-refractivity contribution is 6.05. The van der Waals surface area contributed by atoms with Crippen LogP contribution in [0.5, 0.6) is 11.5 Å². The van der Waals surface area contributed by atoms with Crippen molar-refractivity contribution in [3.8, 4) is 11.5 Å². The van der Waals surface area contributed by atoms with E-state index in [4.69, 9.17) is 14.2 Å². The first-order valence-electron chi connectivity index (χ1n) is 9.39. The van der Waals surface area contributed by atoms with Gasteiger partial charge in [-0.3, -0.25) is 9.48 Å². The molecule has 0 radical (unpaired) electrons. The number of hydrogen-bond acceptors (Lipinski definition) is 6. The topological polar surface area (TPSA) is 91.7 Å². The van der Waals surface area contributed by atoms with E-state index >= 15 is 0 Å². The highest BCUT2D eigenvalue weighted by Crippen LogP contribution is 2.33. The van der Waals surface area contributed by atoms with Gasteiger partial charge in [-0.15, -0.1) is 0 Å². The summed E-state index contributed by atoms with van der Waals surface area (Å²) in [6, 6.07) is 12.3. The molecule has 0 bridgehead atoms. The summed E-state index contributed by atoms with van der Waals surface area (Å²) in [4.78, 5) is 24.8. The largest absolute Gasteiger partial charge is 0.465 e. The SMILES string of the molecule is COC(=O)c1ccccc1Cn1nc(C)c(NC(=O)c2ccc3c(c2)OCO3)c1C. The van der Waals surface area contributed by atoms with Crippen molar-refractivity contribution in [3.05, 3.63) is 70.5 Å². The summed E-state index contributed by atoms with van der Waals surface area (Å²) < 4.78 is 17.2. The van der Waals surface area contributed by atoms with E-state index in [-0.39, 0.29) is 12.7 Å². The Morgan fingerprint density at radius 3 is 2.70 bits per heavy atom. The maximum Gasteiger partial charge on any atom is 0.338 e. The maximum atomic E-state index is 12.8. The van der Waals surface area contributed by atoms with E-state index in [1.807, 2.05) is 26.0 Å². The Hall–Kier alpha value is -3.81. The molecule has 0 fully saturated rings. The summed E-state index contributed by atoms with van der Waals surface area (Å²) in [5.74, 6) is 0.500. The van der Waals surface area contributed by atoms with Crippen LogP contribution in [0.2, 0.25) is 0 Å². The molecular weight excluding hydrogens is 386 g/mol. The number of aryl methyl sites for hydroxylation is 1. The highest BCUT2D eigenvalue weighted by Gasteiger charge is 2.20. The number of anilines is 1. The number of benzene rings is 2. The molecule has 8 nitrogen and oxygen atoms in total. The molecule has 8 heteroatoms. The zero-order valence-electron chi connectivity index (χ0n) is 16.9. The van der Waals surface area contributed by atoms with Gasteiger partial charge in [0.25, 0.3) is 5.91 Å². The smallest absolute Gasteiger partial charge is 0.338 e. The number of fused-ring (bicyclic) bond motifs is 1. The molecule has 0 saturated carbocycles. The number of ether oxygens (including phenoxy) is 3. The summed E-state index contributed by atoms with van der Waals surface area (Å²) in [5, 5.41) is 7.47. The number of rotatable bonds is 5. The quantitative estimate of drug-likeness (QED) is 0.653. The first-order valence-corrected chi connectivity index (χ1v) is 9.39. The van der Waals surface area contributed by atoms with Crippen molar-refractivity contribution in [2.75, 3.05) is 19.2 Å². The fraction of sp³-hybridized carbons (Fsp3) is 0.227. The fourth-order valence-electron chi connectivity index (χ4n) is 3.38. The summed E-state index contributed by atoms with van der Waals surface area (Å²) in [7, 11) is 1.35. The lowest BCUT2D eigenvalue weighted by molar-refractivity contribution is 0.0599. The predicted octanol–water partition coefficient (Wildman–Crippen LogP) is 3.32. The summed E-state index contributed by atoms with van der Waals surface area (Å²) in [6.45, 7) is 4.22. The Labute approximate surface area is 173 Å². The van der Waals surface area contributed by atoms with Crippen LogP contribution >= 0.6 is 0 Å². The Morgan fingerprint density at radius 2 is 1.90 bits per heavy atom. The second kappa shape index (κ2) is 7.90. The van der Waals surface area contributed by atoms with E-state index < -0.39 is 5.97 Å². The summed E-state index contributed by atoms with van der Waals surface area (Å²) in [5.41, 5.74) is 3.82. The molecule has 1 N–H and O–H groups in total. The predicted molar refractivity (Wildman–Crippen MR) is 109 cm³/mol. The van der Waals surface area contributed by atoms with Gasteiger partial charge >= 0.3 is 5.97 Å². The molecule has 3 aromatic rings. The van der Waals surface area contributed by atoms with Crippen LogP contribution in [-0.2, 0) is 11.3 Å². The average Bonchev–Trinajstić information content (AvgIpc) is 3.33. The van der Waals surface area contributed by atoms with E-state index in [0.29, 0.717) is 40.6 Å². The molecule has 0 aliphatic carbocycles. The van der Waals surface area contributed by atoms with Gasteiger partial charge in [0.05, 0.1) is 36.3 Å². The number of carbonyl (C=O) groups is 2. The fourth-order valence-corrected chi connectivity index (χ4v) is 3.38. The number of nitrogens with zero attached hydrogens (tertiary/aromatic N) is 2. The van der Waals surface area contributed by atoms with Gasteiger partial charge in [-0.25, -0.2) is 4.79 Å². The van der Waals surface area contributed by atoms with E-state index in [1.54, 1.807) is 35.0 Å². The molecule has 0 spiro atoms. The van der Waals surface area contributed by atoms with Crippen molar-refractivity contribution < 1.29 is 23.8 Å². The van der Waals surface area contributed by atoms with Crippen molar-refractivity contribution in [2.45, 2.75) is 20.4 Å². The lowest BCUT2D eigenvalue weighted by atomic mass is 10.1. The number of hydrogen-bond donors (Lipinski definition) is 1. The van der Waals surface area contributed by atoms with Gasteiger partial charge < -0.3 is 19.5 Å². The van der Waals surface area contributed by atoms with Crippen LogP contribution in [0, 0.1) is 13.8 Å². The normalized spacial score (nSPS) is 12.0. The van der Waals surface area contributed by atoms with Crippen molar-refractivity contribution in [3.63, 3.8) is 0 Å². The van der Waals surface area contributed by atoms with Crippen LogP contribution in [0.1, 0.15) is 37.7 Å². The van der Waals surface area contributed by atoms with E-state index in [2.05, 4.69) is 10.4 Å². The number of aromatic nitrogens is 2. The molecule has 2 heterocycles. The minimum absolute atomic E-state index is 0.151. The molecule has 1 amide bonds. The standard InChI is InChI=1S/C22H21N3O5/c1-13-20(23-21(26)15-8-9-18-19(10-15)30-12-29-18)14(2)25(24-13)11-16-6-4-5-7-17(16)22(27)28-3/h4-10H,11-12H2,1-3H3,(H,23,26). The van der Waals surface area contributed by atoms with Crippen molar-refractivity contribution >= 4 is 17.6 Å². The molecule has 0 unspecified atom stereocenters. The molecule has 1 aliphatic heterocycles. The first-order chi connectivity index (χ1) is 14.5. The van der Waals surface area contributed by atoms with Gasteiger partial charge in [0.2, 0.25) is 6.79 Å². The highest BCUT2D eigenvalue weighted by atomic mass is 16.7. The molecule has 1 aliphatic rings. The number of amides is 1. The summed E-state index contributed by atoms with van der Waals surface area (Å²) in [6.07, 6.45) is 0. The molecule has 1 aromatic heterocycles. The second-order valence-corrected chi connectivity index (χ2v) is 6.87. The van der Waals surface area contributed by atoms with Gasteiger partial charge in [-0.2, -0.15) is 5.10 Å². The lowest BCUT2D eigenvalue weighted by Crippen LogP contribution is -2.14. The van der Waals surface area contributed by atoms with Crippen LogP contribution in [0.25, 0.3) is 0 Å². The maximum absolute atomic E-state index is 12.8. The van der Waals surface area contributed by atoms with Crippen molar-refractivity contribution in [1.29, 1.82) is 0 Å². The molecule has 154 valence electrons. The molecule has 0 saturated heterocycles. The zero-order chi connectivity index (χ0) is 21.3. The minimum atomic E-state index is -0.400. The van der Waals surface area contributed by atoms with Crippen LogP contribution in [0.3, 0.4) is 0 Å². The van der Waals surface area contributed by atoms with Crippen LogP contribution < -0.4 is 14.8 Å². The third-order valence-corrected chi connectivity index (χ3v) is 5.00. The third kappa shape index (κ3) is 3.59. The first kappa shape index (κ1) is 19.5. The van der Waals surface area contributed by atoms with Gasteiger partial charge in [0.1, 0.15) is 0 Å².